The fourth-order valence-electron chi connectivity index (χ4n) is 1.83. The maximum Gasteiger partial charge on any atom is 0.234 e. The monoisotopic (exact) mass is 194 g/mol. The molecule has 78 valence electrons. The molecular formula is C11H18N2O. The van der Waals surface area contributed by atoms with Gasteiger partial charge in [0.1, 0.15) is 0 Å². The molecule has 0 saturated carbocycles. The SMILES string of the molecule is CCC1(C(=O)N(C)C)C=CC=C[C@@H]1N. The first-order valence-electron chi connectivity index (χ1n) is 4.88. The number of carbonyl (C=O) groups is 1. The van der Waals surface area contributed by atoms with E-state index in [9.17, 15) is 4.79 Å². The summed E-state index contributed by atoms with van der Waals surface area (Å²) < 4.78 is 0. The third-order valence-electron chi connectivity index (χ3n) is 2.81. The highest BCUT2D eigenvalue weighted by Crippen LogP contribution is 2.32. The van der Waals surface area contributed by atoms with Crippen LogP contribution < -0.4 is 5.73 Å². The highest BCUT2D eigenvalue weighted by molar-refractivity contribution is 5.86. The van der Waals surface area contributed by atoms with Gasteiger partial charge in [0.25, 0.3) is 0 Å². The molecule has 0 spiro atoms. The van der Waals surface area contributed by atoms with Crippen LogP contribution in [0.4, 0.5) is 0 Å². The van der Waals surface area contributed by atoms with Crippen molar-refractivity contribution in [1.29, 1.82) is 0 Å². The Balaban J connectivity index is 3.03. The van der Waals surface area contributed by atoms with Crippen LogP contribution in [0.2, 0.25) is 0 Å². The third kappa shape index (κ3) is 1.60. The highest BCUT2D eigenvalue weighted by atomic mass is 16.2. The molecule has 0 aromatic heterocycles. The summed E-state index contributed by atoms with van der Waals surface area (Å²) in [4.78, 5) is 13.6. The number of nitrogens with two attached hydrogens (primary N) is 1. The topological polar surface area (TPSA) is 46.3 Å². The van der Waals surface area contributed by atoms with Crippen LogP contribution in [-0.2, 0) is 4.79 Å². The molecule has 3 nitrogen and oxygen atoms in total. The van der Waals surface area contributed by atoms with E-state index in [1.165, 1.54) is 0 Å². The van der Waals surface area contributed by atoms with Gasteiger partial charge in [-0.3, -0.25) is 4.79 Å². The minimum atomic E-state index is -0.543. The summed E-state index contributed by atoms with van der Waals surface area (Å²) in [6.07, 6.45) is 8.31. The molecule has 0 aromatic carbocycles. The Labute approximate surface area is 85.3 Å². The van der Waals surface area contributed by atoms with Gasteiger partial charge in [-0.2, -0.15) is 0 Å². The lowest BCUT2D eigenvalue weighted by Gasteiger charge is -2.36. The molecule has 2 N–H and O–H groups in total. The fraction of sp³-hybridized carbons (Fsp3) is 0.545. The van der Waals surface area contributed by atoms with Crippen LogP contribution in [0, 0.1) is 5.41 Å². The van der Waals surface area contributed by atoms with Gasteiger partial charge in [-0.05, 0) is 6.42 Å². The number of hydrogen-bond donors (Lipinski definition) is 1. The van der Waals surface area contributed by atoms with E-state index in [4.69, 9.17) is 5.73 Å². The van der Waals surface area contributed by atoms with Crippen LogP contribution in [-0.4, -0.2) is 30.9 Å². The molecular weight excluding hydrogens is 176 g/mol. The summed E-state index contributed by atoms with van der Waals surface area (Å²) in [6, 6.07) is -0.215. The molecule has 0 aliphatic heterocycles. The second kappa shape index (κ2) is 3.96. The van der Waals surface area contributed by atoms with Crippen molar-refractivity contribution in [2.24, 2.45) is 11.1 Å². The van der Waals surface area contributed by atoms with Crippen LogP contribution >= 0.6 is 0 Å². The van der Waals surface area contributed by atoms with Gasteiger partial charge in [-0.15, -0.1) is 0 Å². The lowest BCUT2D eigenvalue weighted by molar-refractivity contribution is -0.137. The molecule has 0 heterocycles. The van der Waals surface area contributed by atoms with Crippen LogP contribution in [0.15, 0.2) is 24.3 Å². The molecule has 0 fully saturated rings. The van der Waals surface area contributed by atoms with Crippen molar-refractivity contribution in [2.75, 3.05) is 14.1 Å². The molecule has 3 heteroatoms. The van der Waals surface area contributed by atoms with Crippen molar-refractivity contribution >= 4 is 5.91 Å². The van der Waals surface area contributed by atoms with Crippen molar-refractivity contribution in [3.63, 3.8) is 0 Å². The second-order valence-corrected chi connectivity index (χ2v) is 3.86. The largest absolute Gasteiger partial charge is 0.348 e. The van der Waals surface area contributed by atoms with E-state index in [0.29, 0.717) is 0 Å². The molecule has 1 amide bonds. The summed E-state index contributed by atoms with van der Waals surface area (Å²) in [7, 11) is 3.53. The summed E-state index contributed by atoms with van der Waals surface area (Å²) >= 11 is 0. The standard InChI is InChI=1S/C11H18N2O/c1-4-11(10(14)13(2)3)8-6-5-7-9(11)12/h5-9H,4,12H2,1-3H3/t9-,11?/m0/s1. The molecule has 0 aromatic rings. The zero-order chi connectivity index (χ0) is 10.8. The minimum absolute atomic E-state index is 0.0769. The number of nitrogens with zero attached hydrogens (tertiary/aromatic N) is 1. The van der Waals surface area contributed by atoms with E-state index >= 15 is 0 Å². The third-order valence-corrected chi connectivity index (χ3v) is 2.81. The van der Waals surface area contributed by atoms with Crippen LogP contribution in [0.1, 0.15) is 13.3 Å². The zero-order valence-corrected chi connectivity index (χ0v) is 9.03. The number of amides is 1. The Hall–Kier alpha value is -1.09. The smallest absolute Gasteiger partial charge is 0.234 e. The Kier molecular flexibility index (Phi) is 3.11. The van der Waals surface area contributed by atoms with E-state index in [0.717, 1.165) is 6.42 Å². The number of rotatable bonds is 2. The van der Waals surface area contributed by atoms with E-state index in [2.05, 4.69) is 0 Å². The first kappa shape index (κ1) is 11.0. The molecule has 0 bridgehead atoms. The van der Waals surface area contributed by atoms with Crippen molar-refractivity contribution in [3.8, 4) is 0 Å². The average Bonchev–Trinajstić information content (AvgIpc) is 2.18. The molecule has 2 atom stereocenters. The van der Waals surface area contributed by atoms with Gasteiger partial charge < -0.3 is 10.6 Å². The van der Waals surface area contributed by atoms with E-state index in [-0.39, 0.29) is 11.9 Å². The van der Waals surface area contributed by atoms with Gasteiger partial charge in [0.2, 0.25) is 5.91 Å². The Bertz CT molecular complexity index is 281. The van der Waals surface area contributed by atoms with Gasteiger partial charge in [-0.25, -0.2) is 0 Å². The van der Waals surface area contributed by atoms with Gasteiger partial charge in [-0.1, -0.05) is 31.2 Å². The molecule has 1 aliphatic carbocycles. The van der Waals surface area contributed by atoms with Crippen LogP contribution in [0.3, 0.4) is 0 Å². The van der Waals surface area contributed by atoms with Crippen molar-refractivity contribution in [3.05, 3.63) is 24.3 Å². The molecule has 0 saturated heterocycles. The first-order valence-corrected chi connectivity index (χ1v) is 4.88. The van der Waals surface area contributed by atoms with Gasteiger partial charge in [0, 0.05) is 20.1 Å². The van der Waals surface area contributed by atoms with Crippen molar-refractivity contribution in [1.82, 2.24) is 4.90 Å². The second-order valence-electron chi connectivity index (χ2n) is 3.86. The molecule has 14 heavy (non-hydrogen) atoms. The van der Waals surface area contributed by atoms with Crippen LogP contribution in [0.25, 0.3) is 0 Å². The summed E-state index contributed by atoms with van der Waals surface area (Å²) in [5.41, 5.74) is 5.43. The minimum Gasteiger partial charge on any atom is -0.348 e. The van der Waals surface area contributed by atoms with E-state index < -0.39 is 5.41 Å². The fourth-order valence-corrected chi connectivity index (χ4v) is 1.83. The predicted octanol–water partition coefficient (Wildman–Crippen LogP) is 0.924. The molecule has 1 rings (SSSR count). The highest BCUT2D eigenvalue weighted by Gasteiger charge is 2.40. The summed E-state index contributed by atoms with van der Waals surface area (Å²) in [6.45, 7) is 1.99. The zero-order valence-electron chi connectivity index (χ0n) is 9.03. The maximum absolute atomic E-state index is 12.0. The molecule has 0 radical (unpaired) electrons. The Morgan fingerprint density at radius 3 is 2.57 bits per heavy atom. The van der Waals surface area contributed by atoms with Gasteiger partial charge in [0.05, 0.1) is 5.41 Å². The Morgan fingerprint density at radius 2 is 2.14 bits per heavy atom. The summed E-state index contributed by atoms with van der Waals surface area (Å²) in [5, 5.41) is 0. The lowest BCUT2D eigenvalue weighted by atomic mass is 9.74. The maximum atomic E-state index is 12.0. The van der Waals surface area contributed by atoms with Crippen molar-refractivity contribution in [2.45, 2.75) is 19.4 Å². The normalized spacial score (nSPS) is 30.4. The first-order chi connectivity index (χ1) is 6.54. The van der Waals surface area contributed by atoms with E-state index in [1.807, 2.05) is 31.2 Å². The number of allylic oxidation sites excluding steroid dienone is 2. The van der Waals surface area contributed by atoms with E-state index in [1.54, 1.807) is 19.0 Å². The molecule has 1 aliphatic rings. The van der Waals surface area contributed by atoms with Crippen molar-refractivity contribution < 1.29 is 4.79 Å². The quantitative estimate of drug-likeness (QED) is 0.710. The lowest BCUT2D eigenvalue weighted by Crippen LogP contribution is -2.50. The van der Waals surface area contributed by atoms with Crippen LogP contribution in [0.5, 0.6) is 0 Å². The molecule has 1 unspecified atom stereocenters. The predicted molar refractivity (Wildman–Crippen MR) is 57.7 cm³/mol. The number of hydrogen-bond acceptors (Lipinski definition) is 2. The summed E-state index contributed by atoms with van der Waals surface area (Å²) in [5.74, 6) is 0.0769. The average molecular weight is 194 g/mol. The van der Waals surface area contributed by atoms with Gasteiger partial charge in [0.15, 0.2) is 0 Å². The van der Waals surface area contributed by atoms with Gasteiger partial charge >= 0.3 is 0 Å². The number of carbonyl (C=O) groups excluding carboxylic acids is 1. The Morgan fingerprint density at radius 1 is 1.50 bits per heavy atom.